The maximum absolute atomic E-state index is 13.3. The van der Waals surface area contributed by atoms with Crippen LogP contribution in [0.3, 0.4) is 0 Å². The largest absolute Gasteiger partial charge is 0.468 e. The molecule has 0 amide bonds. The number of esters is 2. The Kier molecular flexibility index (Phi) is 8.41. The molecule has 0 N–H and O–H groups in total. The zero-order valence-electron chi connectivity index (χ0n) is 16.4. The second-order valence-corrected chi connectivity index (χ2v) is 7.84. The van der Waals surface area contributed by atoms with Crippen molar-refractivity contribution in [2.45, 2.75) is 19.3 Å². The third kappa shape index (κ3) is 5.46. The summed E-state index contributed by atoms with van der Waals surface area (Å²) in [4.78, 5) is 38.5. The Labute approximate surface area is 183 Å². The first kappa shape index (κ1) is 23.1. The molecule has 29 heavy (non-hydrogen) atoms. The fourth-order valence-electron chi connectivity index (χ4n) is 3.42. The summed E-state index contributed by atoms with van der Waals surface area (Å²) in [6.07, 6.45) is 0.409. The van der Waals surface area contributed by atoms with Gasteiger partial charge in [0.25, 0.3) is 0 Å². The first-order valence-electron chi connectivity index (χ1n) is 9.04. The van der Waals surface area contributed by atoms with Crippen LogP contribution in [0, 0.1) is 11.8 Å². The highest BCUT2D eigenvalue weighted by Crippen LogP contribution is 2.38. The third-order valence-corrected chi connectivity index (χ3v) is 5.64. The number of ether oxygens (including phenoxy) is 2. The number of hydrogen-bond acceptors (Lipinski definition) is 5. The smallest absolute Gasteiger partial charge is 0.320 e. The molecule has 0 aliphatic rings. The van der Waals surface area contributed by atoms with Gasteiger partial charge in [0.1, 0.15) is 0 Å². The highest BCUT2D eigenvalue weighted by Gasteiger charge is 2.44. The van der Waals surface area contributed by atoms with E-state index < -0.39 is 29.7 Å². The predicted octanol–water partition coefficient (Wildman–Crippen LogP) is 5.06. The summed E-state index contributed by atoms with van der Waals surface area (Å²) in [5.74, 6) is -4.35. The Morgan fingerprint density at radius 1 is 0.931 bits per heavy atom. The molecule has 0 bridgehead atoms. The van der Waals surface area contributed by atoms with Gasteiger partial charge in [-0.3, -0.25) is 14.4 Å². The third-order valence-electron chi connectivity index (χ3n) is 4.86. The van der Waals surface area contributed by atoms with E-state index in [0.29, 0.717) is 22.6 Å². The van der Waals surface area contributed by atoms with Crippen LogP contribution in [0.4, 0.5) is 0 Å². The first-order valence-corrected chi connectivity index (χ1v) is 10.2. The van der Waals surface area contributed by atoms with Gasteiger partial charge in [0, 0.05) is 26.9 Å². The molecule has 154 valence electrons. The van der Waals surface area contributed by atoms with Gasteiger partial charge in [-0.25, -0.2) is 0 Å². The number of ketones is 1. The van der Waals surface area contributed by atoms with Gasteiger partial charge in [-0.2, -0.15) is 0 Å². The zero-order chi connectivity index (χ0) is 21.6. The lowest BCUT2D eigenvalue weighted by Crippen LogP contribution is -2.38. The molecule has 0 radical (unpaired) electrons. The van der Waals surface area contributed by atoms with Gasteiger partial charge in [0.05, 0.1) is 14.2 Å². The standard InChI is InChI=1S/C22H22BrClO5/c1-4-17(20(25)14-7-11-16(24)12-8-14)18(13-5-9-15(23)10-6-13)19(21(26)28-2)22(27)29-3/h5-12,17-19H,4H2,1-3H3/t17-,18+/m0/s1. The van der Waals surface area contributed by atoms with E-state index in [2.05, 4.69) is 15.9 Å². The van der Waals surface area contributed by atoms with Crippen molar-refractivity contribution in [3.63, 3.8) is 0 Å². The summed E-state index contributed by atoms with van der Waals surface area (Å²) in [5, 5.41) is 0.515. The molecular formula is C22H22BrClO5. The minimum absolute atomic E-state index is 0.185. The monoisotopic (exact) mass is 480 g/mol. The number of hydrogen-bond donors (Lipinski definition) is 0. The Balaban J connectivity index is 2.60. The van der Waals surface area contributed by atoms with Crippen molar-refractivity contribution in [2.24, 2.45) is 11.8 Å². The van der Waals surface area contributed by atoms with Crippen molar-refractivity contribution in [1.29, 1.82) is 0 Å². The zero-order valence-corrected chi connectivity index (χ0v) is 18.7. The van der Waals surface area contributed by atoms with Crippen LogP contribution in [0.15, 0.2) is 53.0 Å². The molecular weight excluding hydrogens is 460 g/mol. The normalized spacial score (nSPS) is 12.9. The van der Waals surface area contributed by atoms with Crippen LogP contribution in [0.1, 0.15) is 35.2 Å². The van der Waals surface area contributed by atoms with Gasteiger partial charge >= 0.3 is 11.9 Å². The van der Waals surface area contributed by atoms with Crippen LogP contribution in [0.25, 0.3) is 0 Å². The molecule has 0 unspecified atom stereocenters. The highest BCUT2D eigenvalue weighted by molar-refractivity contribution is 9.10. The lowest BCUT2D eigenvalue weighted by molar-refractivity contribution is -0.160. The molecule has 2 atom stereocenters. The first-order chi connectivity index (χ1) is 13.8. The number of carbonyl (C=O) groups is 3. The second-order valence-electron chi connectivity index (χ2n) is 6.49. The van der Waals surface area contributed by atoms with E-state index in [0.717, 1.165) is 4.47 Å². The molecule has 0 spiro atoms. The van der Waals surface area contributed by atoms with E-state index in [1.54, 1.807) is 48.5 Å². The van der Waals surface area contributed by atoms with E-state index in [-0.39, 0.29) is 5.78 Å². The van der Waals surface area contributed by atoms with Gasteiger partial charge < -0.3 is 9.47 Å². The van der Waals surface area contributed by atoms with E-state index in [9.17, 15) is 14.4 Å². The van der Waals surface area contributed by atoms with E-state index >= 15 is 0 Å². The van der Waals surface area contributed by atoms with Crippen LogP contribution in [-0.4, -0.2) is 31.9 Å². The van der Waals surface area contributed by atoms with Crippen LogP contribution < -0.4 is 0 Å². The lowest BCUT2D eigenvalue weighted by atomic mass is 9.72. The van der Waals surface area contributed by atoms with Gasteiger partial charge in [-0.05, 0) is 48.4 Å². The molecule has 0 fully saturated rings. The molecule has 2 rings (SSSR count). The average Bonchev–Trinajstić information content (AvgIpc) is 2.73. The molecule has 0 aliphatic heterocycles. The number of Topliss-reactive ketones (excluding diaryl/α,β-unsaturated/α-hetero) is 1. The lowest BCUT2D eigenvalue weighted by Gasteiger charge is -2.30. The maximum atomic E-state index is 13.3. The summed E-state index contributed by atoms with van der Waals surface area (Å²) >= 11 is 9.32. The predicted molar refractivity (Wildman–Crippen MR) is 114 cm³/mol. The van der Waals surface area contributed by atoms with Crippen molar-refractivity contribution in [2.75, 3.05) is 14.2 Å². The van der Waals surface area contributed by atoms with Crippen LogP contribution >= 0.6 is 27.5 Å². The maximum Gasteiger partial charge on any atom is 0.320 e. The topological polar surface area (TPSA) is 69.7 Å². The number of carbonyl (C=O) groups excluding carboxylic acids is 3. The van der Waals surface area contributed by atoms with Crippen molar-refractivity contribution in [1.82, 2.24) is 0 Å². The van der Waals surface area contributed by atoms with Crippen molar-refractivity contribution in [3.05, 3.63) is 69.2 Å². The number of halogens is 2. The molecule has 2 aromatic rings. The molecule has 0 saturated carbocycles. The fraction of sp³-hybridized carbons (Fsp3) is 0.318. The molecule has 5 nitrogen and oxygen atoms in total. The van der Waals surface area contributed by atoms with Crippen molar-refractivity contribution < 1.29 is 23.9 Å². The Morgan fingerprint density at radius 3 is 1.90 bits per heavy atom. The summed E-state index contributed by atoms with van der Waals surface area (Å²) in [5.41, 5.74) is 1.13. The fourth-order valence-corrected chi connectivity index (χ4v) is 3.81. The van der Waals surface area contributed by atoms with E-state index in [4.69, 9.17) is 21.1 Å². The van der Waals surface area contributed by atoms with Crippen LogP contribution in [0.2, 0.25) is 5.02 Å². The van der Waals surface area contributed by atoms with Crippen LogP contribution in [0.5, 0.6) is 0 Å². The number of rotatable bonds is 8. The Bertz CT molecular complexity index is 848. The molecule has 2 aromatic carbocycles. The molecule has 0 saturated heterocycles. The molecule has 0 aliphatic carbocycles. The second kappa shape index (κ2) is 10.6. The van der Waals surface area contributed by atoms with E-state index in [1.807, 2.05) is 6.92 Å². The number of benzene rings is 2. The molecule has 7 heteroatoms. The summed E-state index contributed by atoms with van der Waals surface area (Å²) in [6.45, 7) is 1.84. The Morgan fingerprint density at radius 2 is 1.45 bits per heavy atom. The summed E-state index contributed by atoms with van der Waals surface area (Å²) in [7, 11) is 2.41. The van der Waals surface area contributed by atoms with Gasteiger partial charge in [-0.1, -0.05) is 46.6 Å². The van der Waals surface area contributed by atoms with Gasteiger partial charge in [0.15, 0.2) is 11.7 Å². The van der Waals surface area contributed by atoms with E-state index in [1.165, 1.54) is 14.2 Å². The summed E-state index contributed by atoms with van der Waals surface area (Å²) in [6, 6.07) is 13.7. The SMILES string of the molecule is CC[C@H](C(=O)c1ccc(Cl)cc1)[C@@H](c1ccc(Br)cc1)C(C(=O)OC)C(=O)OC. The number of methoxy groups -OCH3 is 2. The minimum Gasteiger partial charge on any atom is -0.468 e. The quantitative estimate of drug-likeness (QED) is 0.299. The van der Waals surface area contributed by atoms with Crippen molar-refractivity contribution in [3.8, 4) is 0 Å². The highest BCUT2D eigenvalue weighted by atomic mass is 79.9. The summed E-state index contributed by atoms with van der Waals surface area (Å²) < 4.78 is 10.6. The van der Waals surface area contributed by atoms with Crippen molar-refractivity contribution >= 4 is 45.3 Å². The molecule has 0 heterocycles. The average molecular weight is 482 g/mol. The Hall–Kier alpha value is -2.18. The molecule has 0 aromatic heterocycles. The van der Waals surface area contributed by atoms with Crippen LogP contribution in [-0.2, 0) is 19.1 Å². The van der Waals surface area contributed by atoms with Gasteiger partial charge in [0.2, 0.25) is 0 Å². The minimum atomic E-state index is -1.27. The van der Waals surface area contributed by atoms with Gasteiger partial charge in [-0.15, -0.1) is 0 Å².